The van der Waals surface area contributed by atoms with E-state index in [9.17, 15) is 5.26 Å². The van der Waals surface area contributed by atoms with Crippen LogP contribution in [0.2, 0.25) is 0 Å². The Morgan fingerprint density at radius 2 is 1.94 bits per heavy atom. The average Bonchev–Trinajstić information content (AvgIpc) is 3.32. The first-order valence-corrected chi connectivity index (χ1v) is 11.4. The van der Waals surface area contributed by atoms with E-state index in [1.165, 1.54) is 0 Å². The maximum atomic E-state index is 10.0. The van der Waals surface area contributed by atoms with Crippen LogP contribution < -0.4 is 14.4 Å². The second kappa shape index (κ2) is 9.99. The topological polar surface area (TPSA) is 98.3 Å². The molecular formula is C26H26N6O3. The second-order valence-electron chi connectivity index (χ2n) is 8.38. The van der Waals surface area contributed by atoms with E-state index in [4.69, 9.17) is 19.2 Å². The Balaban J connectivity index is 1.40. The van der Waals surface area contributed by atoms with Gasteiger partial charge in [0.15, 0.2) is 11.5 Å². The normalized spacial score (nSPS) is 13.6. The highest BCUT2D eigenvalue weighted by atomic mass is 16.5. The number of aryl methyl sites for hydroxylation is 1. The van der Waals surface area contributed by atoms with E-state index >= 15 is 0 Å². The Bertz CT molecular complexity index is 1390. The third-order valence-electron chi connectivity index (χ3n) is 6.01. The largest absolute Gasteiger partial charge is 0.493 e. The van der Waals surface area contributed by atoms with Crippen molar-refractivity contribution in [1.29, 1.82) is 5.26 Å². The molecule has 0 atom stereocenters. The van der Waals surface area contributed by atoms with Crippen molar-refractivity contribution in [2.45, 2.75) is 13.0 Å². The number of nitrogens with zero attached hydrogens (tertiary/aromatic N) is 6. The zero-order valence-corrected chi connectivity index (χ0v) is 19.8. The molecule has 0 aliphatic carbocycles. The lowest BCUT2D eigenvalue weighted by molar-refractivity contribution is 0.122. The molecule has 0 bridgehead atoms. The van der Waals surface area contributed by atoms with Gasteiger partial charge in [-0.15, -0.1) is 0 Å². The van der Waals surface area contributed by atoms with E-state index < -0.39 is 0 Å². The van der Waals surface area contributed by atoms with Gasteiger partial charge in [-0.2, -0.15) is 10.4 Å². The van der Waals surface area contributed by atoms with Gasteiger partial charge in [0.25, 0.3) is 0 Å². The summed E-state index contributed by atoms with van der Waals surface area (Å²) in [5.74, 6) is 2.06. The number of benzene rings is 2. The van der Waals surface area contributed by atoms with Gasteiger partial charge >= 0.3 is 0 Å². The minimum atomic E-state index is 0.400. The first kappa shape index (κ1) is 22.6. The van der Waals surface area contributed by atoms with Crippen LogP contribution >= 0.6 is 0 Å². The van der Waals surface area contributed by atoms with Crippen molar-refractivity contribution < 1.29 is 14.2 Å². The van der Waals surface area contributed by atoms with Crippen molar-refractivity contribution >= 4 is 16.9 Å². The predicted molar refractivity (Wildman–Crippen MR) is 131 cm³/mol. The fraction of sp³-hybridized carbons (Fsp3) is 0.308. The Morgan fingerprint density at radius 1 is 1.09 bits per heavy atom. The third-order valence-corrected chi connectivity index (χ3v) is 6.01. The van der Waals surface area contributed by atoms with Gasteiger partial charge in [0.2, 0.25) is 0 Å². The molecule has 1 aliphatic rings. The lowest BCUT2D eigenvalue weighted by Crippen LogP contribution is -2.36. The summed E-state index contributed by atoms with van der Waals surface area (Å²) in [7, 11) is 3.49. The summed E-state index contributed by atoms with van der Waals surface area (Å²) in [4.78, 5) is 11.5. The maximum absolute atomic E-state index is 10.0. The Morgan fingerprint density at radius 3 is 2.69 bits per heavy atom. The number of hydrogen-bond acceptors (Lipinski definition) is 8. The van der Waals surface area contributed by atoms with Gasteiger partial charge in [-0.1, -0.05) is 12.1 Å². The number of anilines is 1. The molecule has 0 amide bonds. The van der Waals surface area contributed by atoms with E-state index in [2.05, 4.69) is 21.1 Å². The van der Waals surface area contributed by atoms with Crippen LogP contribution in [0.5, 0.6) is 11.5 Å². The van der Waals surface area contributed by atoms with Crippen LogP contribution in [-0.4, -0.2) is 53.2 Å². The summed E-state index contributed by atoms with van der Waals surface area (Å²) in [6.45, 7) is 3.24. The van der Waals surface area contributed by atoms with Crippen molar-refractivity contribution in [3.63, 3.8) is 0 Å². The van der Waals surface area contributed by atoms with E-state index in [0.717, 1.165) is 35.6 Å². The van der Waals surface area contributed by atoms with Gasteiger partial charge in [-0.25, -0.2) is 4.98 Å². The molecule has 0 N–H and O–H groups in total. The first-order chi connectivity index (χ1) is 17.1. The molecule has 0 spiro atoms. The average molecular weight is 471 g/mol. The minimum absolute atomic E-state index is 0.400. The molecule has 4 aromatic rings. The second-order valence-corrected chi connectivity index (χ2v) is 8.38. The molecule has 5 rings (SSSR count). The van der Waals surface area contributed by atoms with E-state index in [1.807, 2.05) is 43.6 Å². The van der Waals surface area contributed by atoms with Crippen LogP contribution in [0.4, 0.5) is 5.82 Å². The number of aromatic nitrogens is 4. The van der Waals surface area contributed by atoms with Crippen LogP contribution in [0.3, 0.4) is 0 Å². The summed E-state index contributed by atoms with van der Waals surface area (Å²) < 4.78 is 18.7. The smallest absolute Gasteiger partial charge is 0.161 e. The van der Waals surface area contributed by atoms with Crippen LogP contribution in [0.15, 0.2) is 48.9 Å². The number of nitriles is 1. The number of ether oxygens (including phenoxy) is 3. The van der Waals surface area contributed by atoms with Crippen molar-refractivity contribution in [3.05, 3.63) is 71.2 Å². The van der Waals surface area contributed by atoms with E-state index in [0.29, 0.717) is 54.3 Å². The van der Waals surface area contributed by atoms with Crippen molar-refractivity contribution in [2.24, 2.45) is 7.05 Å². The molecule has 0 unspecified atom stereocenters. The van der Waals surface area contributed by atoms with Crippen molar-refractivity contribution in [3.8, 4) is 17.6 Å². The highest BCUT2D eigenvalue weighted by Crippen LogP contribution is 2.31. The summed E-state index contributed by atoms with van der Waals surface area (Å²) in [5.41, 5.74) is 4.74. The van der Waals surface area contributed by atoms with Crippen LogP contribution in [0.25, 0.3) is 11.0 Å². The standard InChI is InChI=1S/C26H26N6O3/c1-31-16-19(14-29-31)17-35-23-6-3-18(12-24(23)33-2)11-20-4-5-22-26(21(20)13-27)30-25(15-28-22)32-7-9-34-10-8-32/h3-6,12,14-16H,7-11,17H2,1-2H3. The molecule has 35 heavy (non-hydrogen) atoms. The molecule has 0 radical (unpaired) electrons. The van der Waals surface area contributed by atoms with Gasteiger partial charge in [-0.05, 0) is 35.7 Å². The fourth-order valence-corrected chi connectivity index (χ4v) is 4.20. The Kier molecular flexibility index (Phi) is 6.46. The molecule has 9 nitrogen and oxygen atoms in total. The summed E-state index contributed by atoms with van der Waals surface area (Å²) in [6, 6.07) is 12.1. The first-order valence-electron chi connectivity index (χ1n) is 11.4. The predicted octanol–water partition coefficient (Wildman–Crippen LogP) is 3.25. The maximum Gasteiger partial charge on any atom is 0.161 e. The van der Waals surface area contributed by atoms with E-state index in [1.54, 1.807) is 24.2 Å². The van der Waals surface area contributed by atoms with Gasteiger partial charge in [-0.3, -0.25) is 9.67 Å². The number of methoxy groups -OCH3 is 1. The molecule has 1 aliphatic heterocycles. The van der Waals surface area contributed by atoms with Gasteiger partial charge in [0.1, 0.15) is 24.0 Å². The van der Waals surface area contributed by atoms with Gasteiger partial charge in [0, 0.05) is 31.9 Å². The molecule has 3 heterocycles. The lowest BCUT2D eigenvalue weighted by Gasteiger charge is -2.27. The highest BCUT2D eigenvalue weighted by Gasteiger charge is 2.17. The third kappa shape index (κ3) is 4.88. The van der Waals surface area contributed by atoms with Gasteiger partial charge < -0.3 is 19.1 Å². The molecule has 178 valence electrons. The van der Waals surface area contributed by atoms with Crippen LogP contribution in [0.1, 0.15) is 22.3 Å². The van der Waals surface area contributed by atoms with Crippen molar-refractivity contribution in [1.82, 2.24) is 19.7 Å². The molecular weight excluding hydrogens is 444 g/mol. The summed E-state index contributed by atoms with van der Waals surface area (Å²) >= 11 is 0. The number of morpholine rings is 1. The van der Waals surface area contributed by atoms with E-state index in [-0.39, 0.29) is 0 Å². The summed E-state index contributed by atoms with van der Waals surface area (Å²) in [6.07, 6.45) is 6.01. The number of rotatable bonds is 7. The molecule has 2 aromatic heterocycles. The van der Waals surface area contributed by atoms with Gasteiger partial charge in [0.05, 0.1) is 43.8 Å². The molecule has 1 saturated heterocycles. The zero-order chi connectivity index (χ0) is 24.2. The molecule has 1 fully saturated rings. The highest BCUT2D eigenvalue weighted by molar-refractivity contribution is 5.83. The van der Waals surface area contributed by atoms with Crippen LogP contribution in [-0.2, 0) is 24.8 Å². The van der Waals surface area contributed by atoms with Crippen LogP contribution in [0, 0.1) is 11.3 Å². The number of hydrogen-bond donors (Lipinski definition) is 0. The SMILES string of the molecule is COc1cc(Cc2ccc3ncc(N4CCOCC4)nc3c2C#N)ccc1OCc1cnn(C)c1. The number of fused-ring (bicyclic) bond motifs is 1. The summed E-state index contributed by atoms with van der Waals surface area (Å²) in [5, 5.41) is 14.2. The fourth-order valence-electron chi connectivity index (χ4n) is 4.20. The quantitative estimate of drug-likeness (QED) is 0.406. The Labute approximate surface area is 203 Å². The Hall–Kier alpha value is -4.16. The lowest BCUT2D eigenvalue weighted by atomic mass is 9.98. The molecule has 0 saturated carbocycles. The molecule has 9 heteroatoms. The zero-order valence-electron chi connectivity index (χ0n) is 19.8. The minimum Gasteiger partial charge on any atom is -0.493 e. The molecule has 2 aromatic carbocycles. The van der Waals surface area contributed by atoms with Crippen molar-refractivity contribution in [2.75, 3.05) is 38.3 Å². The monoisotopic (exact) mass is 470 g/mol.